The number of likely N-dealkylation sites (N-methyl/N-ethyl adjacent to an activating group) is 1. The van der Waals surface area contributed by atoms with Crippen LogP contribution in [-0.2, 0) is 0 Å². The minimum Gasteiger partial charge on any atom is -0.455 e. The lowest BCUT2D eigenvalue weighted by atomic mass is 9.93. The number of nitriles is 2. The van der Waals surface area contributed by atoms with Crippen LogP contribution in [0.3, 0.4) is 0 Å². The molecule has 0 radical (unpaired) electrons. The number of fused-ring (bicyclic) bond motifs is 2. The number of non-ortho nitro benzene ring substituents is 1. The van der Waals surface area contributed by atoms with Gasteiger partial charge in [-0.1, -0.05) is 18.2 Å². The van der Waals surface area contributed by atoms with E-state index in [1.165, 1.54) is 12.1 Å². The van der Waals surface area contributed by atoms with E-state index in [2.05, 4.69) is 22.1 Å². The van der Waals surface area contributed by atoms with Crippen molar-refractivity contribution in [2.45, 2.75) is 6.92 Å². The number of nitro groups is 1. The second-order valence-electron chi connectivity index (χ2n) is 9.31. The molecular weight excluding hydrogens is 564 g/mol. The molecule has 0 N–H and O–H groups in total. The molecule has 1 aliphatic rings. The van der Waals surface area contributed by atoms with Crippen LogP contribution in [0.1, 0.15) is 17.4 Å². The first kappa shape index (κ1) is 27.1. The molecule has 0 unspecified atom stereocenters. The summed E-state index contributed by atoms with van der Waals surface area (Å²) >= 11 is 1.62. The Labute approximate surface area is 249 Å². The van der Waals surface area contributed by atoms with Crippen molar-refractivity contribution >= 4 is 45.4 Å². The van der Waals surface area contributed by atoms with Crippen LogP contribution in [0.15, 0.2) is 101 Å². The van der Waals surface area contributed by atoms with Crippen molar-refractivity contribution in [3.8, 4) is 34.1 Å². The topological polar surface area (TPSA) is 142 Å². The van der Waals surface area contributed by atoms with Crippen molar-refractivity contribution in [1.29, 1.82) is 10.5 Å². The Morgan fingerprint density at radius 1 is 1.02 bits per heavy atom. The monoisotopic (exact) mass is 584 g/mol. The zero-order valence-corrected chi connectivity index (χ0v) is 23.4. The number of ether oxygens (including phenoxy) is 1. The molecule has 10 nitrogen and oxygen atoms in total. The van der Waals surface area contributed by atoms with Crippen LogP contribution in [0, 0.1) is 32.8 Å². The highest BCUT2D eigenvalue weighted by Crippen LogP contribution is 2.39. The third-order valence-electron chi connectivity index (χ3n) is 6.86. The fourth-order valence-corrected chi connectivity index (χ4v) is 5.78. The third-order valence-corrected chi connectivity index (χ3v) is 7.96. The van der Waals surface area contributed by atoms with Gasteiger partial charge in [0.2, 0.25) is 5.52 Å². The summed E-state index contributed by atoms with van der Waals surface area (Å²) in [5, 5.41) is 37.7. The summed E-state index contributed by atoms with van der Waals surface area (Å²) in [5.74, 6) is 0.828. The summed E-state index contributed by atoms with van der Waals surface area (Å²) in [4.78, 5) is 14.9. The fourth-order valence-electron chi connectivity index (χ4n) is 4.86. The Morgan fingerprint density at radius 3 is 2.53 bits per heavy atom. The van der Waals surface area contributed by atoms with Crippen molar-refractivity contribution < 1.29 is 14.3 Å². The maximum absolute atomic E-state index is 11.2. The van der Waals surface area contributed by atoms with Crippen LogP contribution in [0.4, 0.5) is 11.4 Å². The number of thiophene rings is 1. The van der Waals surface area contributed by atoms with E-state index >= 15 is 0 Å². The van der Waals surface area contributed by atoms with E-state index in [0.29, 0.717) is 17.1 Å². The third kappa shape index (κ3) is 5.12. The van der Waals surface area contributed by atoms with Gasteiger partial charge in [0.15, 0.2) is 11.3 Å². The van der Waals surface area contributed by atoms with E-state index in [1.54, 1.807) is 11.3 Å². The van der Waals surface area contributed by atoms with Crippen LogP contribution in [0.5, 0.6) is 11.5 Å². The van der Waals surface area contributed by atoms with Crippen molar-refractivity contribution in [3.05, 3.63) is 117 Å². The van der Waals surface area contributed by atoms with E-state index in [0.717, 1.165) is 38.8 Å². The average Bonchev–Trinajstić information content (AvgIpc) is 3.72. The smallest absolute Gasteiger partial charge is 0.301 e. The Hall–Kier alpha value is -6.04. The minimum absolute atomic E-state index is 0.0244. The molecule has 0 saturated heterocycles. The molecule has 208 valence electrons. The van der Waals surface area contributed by atoms with Gasteiger partial charge in [0.1, 0.15) is 23.5 Å². The van der Waals surface area contributed by atoms with Gasteiger partial charge in [-0.15, -0.1) is 11.3 Å². The fraction of sp³-hybridized carbons (Fsp3) is 0.0625. The molecular formula is C32H20N6O4S. The number of aromatic nitrogens is 2. The number of hydrogen-bond donors (Lipinski definition) is 0. The lowest BCUT2D eigenvalue weighted by Crippen LogP contribution is -2.25. The zero-order chi connectivity index (χ0) is 29.9. The Morgan fingerprint density at radius 2 is 1.79 bits per heavy atom. The molecule has 3 aromatic carbocycles. The molecule has 0 bridgehead atoms. The second-order valence-corrected chi connectivity index (χ2v) is 10.4. The van der Waals surface area contributed by atoms with Gasteiger partial charge in [-0.05, 0) is 89.6 Å². The first-order valence-corrected chi connectivity index (χ1v) is 13.9. The first-order chi connectivity index (χ1) is 21.0. The summed E-state index contributed by atoms with van der Waals surface area (Å²) in [7, 11) is 0. The summed E-state index contributed by atoms with van der Waals surface area (Å²) in [5.41, 5.74) is 4.38. The van der Waals surface area contributed by atoms with Crippen molar-refractivity contribution in [1.82, 2.24) is 10.3 Å². The largest absolute Gasteiger partial charge is 0.455 e. The normalized spacial score (nSPS) is 12.5. The molecule has 0 amide bonds. The molecule has 0 saturated carbocycles. The Balaban J connectivity index is 1.23. The van der Waals surface area contributed by atoms with Gasteiger partial charge in [0.25, 0.3) is 0 Å². The van der Waals surface area contributed by atoms with Crippen molar-refractivity contribution in [2.75, 3.05) is 11.4 Å². The van der Waals surface area contributed by atoms with Gasteiger partial charge >= 0.3 is 5.69 Å². The number of anilines is 1. The van der Waals surface area contributed by atoms with E-state index in [-0.39, 0.29) is 22.3 Å². The molecule has 11 heteroatoms. The lowest BCUT2D eigenvalue weighted by molar-refractivity contribution is -0.383. The predicted octanol–water partition coefficient (Wildman–Crippen LogP) is 7.89. The van der Waals surface area contributed by atoms with E-state index in [9.17, 15) is 20.6 Å². The quantitative estimate of drug-likeness (QED) is 0.106. The summed E-state index contributed by atoms with van der Waals surface area (Å²) in [6, 6.07) is 26.2. The van der Waals surface area contributed by atoms with Crippen LogP contribution < -0.4 is 9.64 Å². The molecule has 3 heterocycles. The summed E-state index contributed by atoms with van der Waals surface area (Å²) < 4.78 is 10.6. The van der Waals surface area contributed by atoms with Crippen LogP contribution in [0.25, 0.3) is 33.1 Å². The molecule has 0 fully saturated rings. The highest BCUT2D eigenvalue weighted by molar-refractivity contribution is 7.16. The first-order valence-electron chi connectivity index (χ1n) is 13.1. The number of benzene rings is 3. The standard InChI is InChI=1S/C32H20N6O4S/c1-2-37-22(17-26(21(18-33)19-34)25-5-3-4-6-27(25)37)9-12-24-13-16-30(43-24)20-7-10-23(11-8-20)41-29-15-14-28(38(39)40)31-32(29)36-42-35-31/h3-17H,2H2,1H3. The second kappa shape index (κ2) is 11.4. The molecule has 5 aromatic rings. The van der Waals surface area contributed by atoms with Crippen LogP contribution in [0.2, 0.25) is 0 Å². The van der Waals surface area contributed by atoms with Gasteiger partial charge in [-0.2, -0.15) is 10.5 Å². The van der Waals surface area contributed by atoms with Crippen molar-refractivity contribution in [2.24, 2.45) is 0 Å². The molecule has 6 rings (SSSR count). The van der Waals surface area contributed by atoms with E-state index < -0.39 is 4.92 Å². The van der Waals surface area contributed by atoms with E-state index in [4.69, 9.17) is 9.37 Å². The number of rotatable bonds is 7. The molecule has 0 aliphatic carbocycles. The SMILES string of the molecule is CCN1C(C=Cc2ccc(-c3ccc(Oc4ccc([N+](=O)[O-])c5nonc45)cc3)s2)=CC(=C(C#N)C#N)c2ccccc21. The summed E-state index contributed by atoms with van der Waals surface area (Å²) in [6.07, 6.45) is 5.92. The molecule has 43 heavy (non-hydrogen) atoms. The van der Waals surface area contributed by atoms with Crippen LogP contribution in [-0.4, -0.2) is 21.8 Å². The van der Waals surface area contributed by atoms with Crippen LogP contribution >= 0.6 is 11.3 Å². The van der Waals surface area contributed by atoms with Gasteiger partial charge in [-0.25, -0.2) is 4.63 Å². The molecule has 1 aliphatic heterocycles. The van der Waals surface area contributed by atoms with Gasteiger partial charge in [0.05, 0.1) is 4.92 Å². The molecule has 2 aromatic heterocycles. The van der Waals surface area contributed by atoms with Gasteiger partial charge in [0, 0.05) is 44.9 Å². The maximum atomic E-state index is 11.2. The number of allylic oxidation sites excluding steroid dienone is 4. The highest BCUT2D eigenvalue weighted by atomic mass is 32.1. The maximum Gasteiger partial charge on any atom is 0.301 e. The van der Waals surface area contributed by atoms with E-state index in [1.807, 2.05) is 91.0 Å². The zero-order valence-electron chi connectivity index (χ0n) is 22.6. The van der Waals surface area contributed by atoms with Crippen molar-refractivity contribution in [3.63, 3.8) is 0 Å². The lowest BCUT2D eigenvalue weighted by Gasteiger charge is -2.31. The number of nitrogens with zero attached hydrogens (tertiary/aromatic N) is 6. The summed E-state index contributed by atoms with van der Waals surface area (Å²) in [6.45, 7) is 2.78. The Bertz CT molecular complexity index is 2040. The number of nitro benzene ring substituents is 1. The molecule has 0 atom stereocenters. The number of hydrogen-bond acceptors (Lipinski definition) is 10. The minimum atomic E-state index is -0.547. The van der Waals surface area contributed by atoms with Gasteiger partial charge in [-0.3, -0.25) is 10.1 Å². The Kier molecular flexibility index (Phi) is 7.23. The van der Waals surface area contributed by atoms with Gasteiger partial charge < -0.3 is 9.64 Å². The number of para-hydroxylation sites is 1. The average molecular weight is 585 g/mol. The predicted molar refractivity (Wildman–Crippen MR) is 163 cm³/mol. The highest BCUT2D eigenvalue weighted by Gasteiger charge is 2.23. The molecule has 0 spiro atoms.